The van der Waals surface area contributed by atoms with Crippen molar-refractivity contribution < 1.29 is 14.3 Å². The van der Waals surface area contributed by atoms with E-state index in [-0.39, 0.29) is 46.2 Å². The molecule has 0 aliphatic carbocycles. The largest absolute Gasteiger partial charge is 0.466 e. The minimum atomic E-state index is -0.540. The molecule has 2 aromatic heterocycles. The monoisotopic (exact) mass is 408 g/mol. The van der Waals surface area contributed by atoms with Crippen LogP contribution in [-0.2, 0) is 16.1 Å². The molecule has 1 N–H and O–H groups in total. The summed E-state index contributed by atoms with van der Waals surface area (Å²) < 4.78 is 10.3. The Labute approximate surface area is 165 Å². The fourth-order valence-corrected chi connectivity index (χ4v) is 4.14. The van der Waals surface area contributed by atoms with Gasteiger partial charge in [0.1, 0.15) is 4.88 Å². The number of aromatic amines is 1. The third kappa shape index (κ3) is 3.87. The lowest BCUT2D eigenvalue weighted by Crippen LogP contribution is -2.41. The van der Waals surface area contributed by atoms with Crippen LogP contribution in [0.3, 0.4) is 0 Å². The van der Waals surface area contributed by atoms with Crippen LogP contribution < -0.4 is 11.2 Å². The van der Waals surface area contributed by atoms with E-state index in [2.05, 4.69) is 9.36 Å². The van der Waals surface area contributed by atoms with Crippen molar-refractivity contribution in [3.8, 4) is 0 Å². The van der Waals surface area contributed by atoms with E-state index in [1.807, 2.05) is 13.8 Å². The van der Waals surface area contributed by atoms with Gasteiger partial charge in [0.15, 0.2) is 5.52 Å². The van der Waals surface area contributed by atoms with Crippen LogP contribution in [-0.4, -0.2) is 50.4 Å². The van der Waals surface area contributed by atoms with Crippen LogP contribution in [0.15, 0.2) is 9.59 Å². The maximum Gasteiger partial charge on any atom is 0.328 e. The number of likely N-dealkylation sites (tertiary alicyclic amines) is 1. The average molecular weight is 408 g/mol. The van der Waals surface area contributed by atoms with Gasteiger partial charge >= 0.3 is 11.7 Å². The van der Waals surface area contributed by atoms with Gasteiger partial charge in [0.25, 0.3) is 11.5 Å². The Morgan fingerprint density at radius 2 is 1.96 bits per heavy atom. The molecule has 0 unspecified atom stereocenters. The van der Waals surface area contributed by atoms with Crippen LogP contribution in [0.5, 0.6) is 0 Å². The quantitative estimate of drug-likeness (QED) is 0.744. The van der Waals surface area contributed by atoms with Crippen molar-refractivity contribution in [3.05, 3.63) is 25.7 Å². The van der Waals surface area contributed by atoms with Gasteiger partial charge < -0.3 is 14.6 Å². The van der Waals surface area contributed by atoms with Crippen LogP contribution in [0.25, 0.3) is 11.0 Å². The summed E-state index contributed by atoms with van der Waals surface area (Å²) in [7, 11) is 0. The summed E-state index contributed by atoms with van der Waals surface area (Å²) in [5.41, 5.74) is -0.724. The molecule has 0 saturated carbocycles. The molecule has 0 bridgehead atoms. The number of carbonyl (C=O) groups excluding carboxylic acids is 2. The van der Waals surface area contributed by atoms with Crippen molar-refractivity contribution in [1.82, 2.24) is 18.8 Å². The fraction of sp³-hybridized carbons (Fsp3) is 0.611. The SMILES string of the molecule is CCOC(=O)C1CCN(C(=O)c2snc3c(=O)n(CC(C)C)c(=O)[nH]c23)CC1. The predicted octanol–water partition coefficient (Wildman–Crippen LogP) is 1.22. The van der Waals surface area contributed by atoms with E-state index in [0.717, 1.165) is 16.1 Å². The lowest BCUT2D eigenvalue weighted by atomic mass is 9.97. The number of rotatable bonds is 5. The van der Waals surface area contributed by atoms with E-state index in [1.54, 1.807) is 11.8 Å². The number of piperidine rings is 1. The maximum absolute atomic E-state index is 12.9. The first kappa shape index (κ1) is 20.2. The van der Waals surface area contributed by atoms with Gasteiger partial charge in [-0.05, 0) is 37.2 Å². The summed E-state index contributed by atoms with van der Waals surface area (Å²) in [4.78, 5) is 54.2. The number of H-pyrrole nitrogens is 1. The summed E-state index contributed by atoms with van der Waals surface area (Å²) >= 11 is 0.914. The molecule has 0 spiro atoms. The van der Waals surface area contributed by atoms with Gasteiger partial charge in [-0.15, -0.1) is 0 Å². The molecule has 0 atom stereocenters. The van der Waals surface area contributed by atoms with Crippen molar-refractivity contribution in [2.24, 2.45) is 11.8 Å². The lowest BCUT2D eigenvalue weighted by Gasteiger charge is -2.30. The van der Waals surface area contributed by atoms with Crippen LogP contribution in [0.2, 0.25) is 0 Å². The first-order valence-corrected chi connectivity index (χ1v) is 10.2. The second-order valence-electron chi connectivity index (χ2n) is 7.29. The normalized spacial score (nSPS) is 15.4. The van der Waals surface area contributed by atoms with Gasteiger partial charge in [-0.1, -0.05) is 13.8 Å². The molecule has 28 heavy (non-hydrogen) atoms. The van der Waals surface area contributed by atoms with E-state index < -0.39 is 11.2 Å². The zero-order chi connectivity index (χ0) is 20.4. The van der Waals surface area contributed by atoms with Crippen molar-refractivity contribution in [3.63, 3.8) is 0 Å². The molecule has 3 heterocycles. The number of amides is 1. The highest BCUT2D eigenvalue weighted by Crippen LogP contribution is 2.24. The smallest absolute Gasteiger partial charge is 0.328 e. The van der Waals surface area contributed by atoms with Crippen molar-refractivity contribution in [2.45, 2.75) is 40.2 Å². The van der Waals surface area contributed by atoms with E-state index in [4.69, 9.17) is 4.74 Å². The summed E-state index contributed by atoms with van der Waals surface area (Å²) in [6, 6.07) is 0. The highest BCUT2D eigenvalue weighted by molar-refractivity contribution is 7.09. The van der Waals surface area contributed by atoms with Crippen molar-refractivity contribution in [2.75, 3.05) is 19.7 Å². The van der Waals surface area contributed by atoms with E-state index in [9.17, 15) is 19.2 Å². The Kier molecular flexibility index (Phi) is 5.97. The number of nitrogens with one attached hydrogen (secondary N) is 1. The molecular weight excluding hydrogens is 384 g/mol. The number of ether oxygens (including phenoxy) is 1. The zero-order valence-corrected chi connectivity index (χ0v) is 17.0. The Hall–Kier alpha value is -2.49. The number of hydrogen-bond donors (Lipinski definition) is 1. The van der Waals surface area contributed by atoms with Gasteiger partial charge in [0.2, 0.25) is 0 Å². The van der Waals surface area contributed by atoms with Crippen LogP contribution in [0.4, 0.5) is 0 Å². The fourth-order valence-electron chi connectivity index (χ4n) is 3.35. The van der Waals surface area contributed by atoms with Crippen molar-refractivity contribution in [1.29, 1.82) is 0 Å². The molecule has 3 rings (SSSR count). The lowest BCUT2D eigenvalue weighted by molar-refractivity contribution is -0.149. The molecule has 1 saturated heterocycles. The summed E-state index contributed by atoms with van der Waals surface area (Å²) in [5.74, 6) is -0.596. The van der Waals surface area contributed by atoms with Gasteiger partial charge in [-0.25, -0.2) is 4.79 Å². The third-order valence-electron chi connectivity index (χ3n) is 4.76. The first-order valence-electron chi connectivity index (χ1n) is 9.41. The van der Waals surface area contributed by atoms with Gasteiger partial charge in [0, 0.05) is 19.6 Å². The molecule has 1 amide bonds. The number of nitrogens with zero attached hydrogens (tertiary/aromatic N) is 3. The van der Waals surface area contributed by atoms with Crippen LogP contribution in [0.1, 0.15) is 43.3 Å². The molecule has 10 heteroatoms. The van der Waals surface area contributed by atoms with Gasteiger partial charge in [0.05, 0.1) is 18.0 Å². The first-order chi connectivity index (χ1) is 13.3. The molecule has 1 aliphatic heterocycles. The van der Waals surface area contributed by atoms with Crippen LogP contribution >= 0.6 is 11.5 Å². The highest BCUT2D eigenvalue weighted by Gasteiger charge is 2.30. The molecular formula is C18H24N4O5S. The number of esters is 1. The minimum Gasteiger partial charge on any atom is -0.466 e. The number of hydrogen-bond acceptors (Lipinski definition) is 7. The predicted molar refractivity (Wildman–Crippen MR) is 105 cm³/mol. The van der Waals surface area contributed by atoms with E-state index in [0.29, 0.717) is 32.5 Å². The van der Waals surface area contributed by atoms with Crippen molar-refractivity contribution >= 4 is 34.4 Å². The van der Waals surface area contributed by atoms with Crippen LogP contribution in [0, 0.1) is 11.8 Å². The third-order valence-corrected chi connectivity index (χ3v) is 5.60. The number of aromatic nitrogens is 3. The molecule has 9 nitrogen and oxygen atoms in total. The summed E-state index contributed by atoms with van der Waals surface area (Å²) in [5, 5.41) is 0. The Morgan fingerprint density at radius 1 is 1.29 bits per heavy atom. The second kappa shape index (κ2) is 8.26. The Balaban J connectivity index is 1.83. The zero-order valence-electron chi connectivity index (χ0n) is 16.2. The molecule has 1 aliphatic rings. The molecule has 0 radical (unpaired) electrons. The van der Waals surface area contributed by atoms with E-state index in [1.165, 1.54) is 0 Å². The highest BCUT2D eigenvalue weighted by atomic mass is 32.1. The molecule has 1 fully saturated rings. The number of fused-ring (bicyclic) bond motifs is 1. The summed E-state index contributed by atoms with van der Waals surface area (Å²) in [6.45, 7) is 7.03. The minimum absolute atomic E-state index is 0.106. The molecule has 152 valence electrons. The Morgan fingerprint density at radius 3 is 2.57 bits per heavy atom. The van der Waals surface area contributed by atoms with E-state index >= 15 is 0 Å². The Bertz CT molecular complexity index is 998. The molecule has 0 aromatic carbocycles. The maximum atomic E-state index is 12.9. The average Bonchev–Trinajstić information content (AvgIpc) is 3.08. The molecule has 2 aromatic rings. The topological polar surface area (TPSA) is 114 Å². The standard InChI is InChI=1S/C18H24N4O5S/c1-4-27-17(25)11-5-7-21(8-6-11)16(24)14-12-13(20-28-14)15(23)22(9-10(2)3)18(26)19-12/h10-11H,4-9H2,1-3H3,(H,19,26). The van der Waals surface area contributed by atoms with Gasteiger partial charge in [-0.2, -0.15) is 4.37 Å². The second-order valence-corrected chi connectivity index (χ2v) is 8.07. The van der Waals surface area contributed by atoms with Gasteiger partial charge in [-0.3, -0.25) is 19.0 Å². The summed E-state index contributed by atoms with van der Waals surface area (Å²) in [6.07, 6.45) is 1.05. The number of carbonyl (C=O) groups is 2.